The van der Waals surface area contributed by atoms with Gasteiger partial charge in [-0.25, -0.2) is 9.97 Å². The summed E-state index contributed by atoms with van der Waals surface area (Å²) in [7, 11) is 0. The molecule has 1 aromatic rings. The van der Waals surface area contributed by atoms with Crippen molar-refractivity contribution < 1.29 is 4.79 Å². The number of aldehydes is 1. The third-order valence-electron chi connectivity index (χ3n) is 3.08. The zero-order chi connectivity index (χ0) is 11.6. The molecule has 1 aliphatic carbocycles. The lowest BCUT2D eigenvalue weighted by molar-refractivity contribution is 0.112. The molecule has 1 N–H and O–H groups in total. The van der Waals surface area contributed by atoms with Crippen molar-refractivity contribution in [3.63, 3.8) is 0 Å². The summed E-state index contributed by atoms with van der Waals surface area (Å²) < 4.78 is 0. The summed E-state index contributed by atoms with van der Waals surface area (Å²) in [5.41, 5.74) is 0.368. The highest BCUT2D eigenvalue weighted by atomic mass is 35.5. The second-order valence-electron chi connectivity index (χ2n) is 4.44. The Morgan fingerprint density at radius 3 is 2.75 bits per heavy atom. The summed E-state index contributed by atoms with van der Waals surface area (Å²) in [5, 5.41) is 3.51. The fourth-order valence-electron chi connectivity index (χ4n) is 2.14. The van der Waals surface area contributed by atoms with Crippen LogP contribution in [-0.2, 0) is 0 Å². The maximum absolute atomic E-state index is 10.9. The highest BCUT2D eigenvalue weighted by molar-refractivity contribution is 6.32. The fourth-order valence-corrected chi connectivity index (χ4v) is 2.32. The molecule has 5 heteroatoms. The average molecular weight is 240 g/mol. The van der Waals surface area contributed by atoms with Crippen LogP contribution < -0.4 is 5.32 Å². The van der Waals surface area contributed by atoms with E-state index in [0.717, 1.165) is 12.8 Å². The summed E-state index contributed by atoms with van der Waals surface area (Å²) in [6.07, 6.45) is 6.66. The number of nitrogens with zero attached hydrogens (tertiary/aromatic N) is 2. The first-order valence-electron chi connectivity index (χ1n) is 5.38. The van der Waals surface area contributed by atoms with Crippen LogP contribution in [0.4, 0.5) is 5.82 Å². The van der Waals surface area contributed by atoms with Crippen molar-refractivity contribution in [2.45, 2.75) is 38.1 Å². The quantitative estimate of drug-likeness (QED) is 0.651. The van der Waals surface area contributed by atoms with Crippen LogP contribution in [-0.4, -0.2) is 21.8 Å². The molecule has 0 aliphatic heterocycles. The molecule has 0 bridgehead atoms. The second kappa shape index (κ2) is 4.37. The minimum Gasteiger partial charge on any atom is -0.364 e. The number of hydrogen-bond acceptors (Lipinski definition) is 4. The number of halogens is 1. The van der Waals surface area contributed by atoms with Crippen molar-refractivity contribution in [3.8, 4) is 0 Å². The van der Waals surface area contributed by atoms with Crippen LogP contribution in [0.25, 0.3) is 0 Å². The molecule has 0 amide bonds. The van der Waals surface area contributed by atoms with Crippen molar-refractivity contribution in [3.05, 3.63) is 17.0 Å². The summed E-state index contributed by atoms with van der Waals surface area (Å²) in [6.45, 7) is 2.14. The maximum Gasteiger partial charge on any atom is 0.156 e. The van der Waals surface area contributed by atoms with Crippen molar-refractivity contribution >= 4 is 23.7 Å². The van der Waals surface area contributed by atoms with Crippen molar-refractivity contribution in [2.75, 3.05) is 5.32 Å². The second-order valence-corrected chi connectivity index (χ2v) is 4.80. The van der Waals surface area contributed by atoms with Gasteiger partial charge in [0.05, 0.1) is 5.56 Å². The molecular weight excluding hydrogens is 226 g/mol. The van der Waals surface area contributed by atoms with E-state index in [0.29, 0.717) is 17.7 Å². The van der Waals surface area contributed by atoms with Gasteiger partial charge in [0.1, 0.15) is 17.3 Å². The Kier molecular flexibility index (Phi) is 3.10. The van der Waals surface area contributed by atoms with E-state index in [1.807, 2.05) is 0 Å². The van der Waals surface area contributed by atoms with Gasteiger partial charge in [-0.05, 0) is 19.8 Å². The Labute approximate surface area is 99.4 Å². The Morgan fingerprint density at radius 2 is 2.12 bits per heavy atom. The molecule has 0 aromatic carbocycles. The SMILES string of the molecule is CC1(Nc2ncnc(Cl)c2C=O)CCCC1. The van der Waals surface area contributed by atoms with Gasteiger partial charge < -0.3 is 5.32 Å². The fraction of sp³-hybridized carbons (Fsp3) is 0.545. The van der Waals surface area contributed by atoms with E-state index in [4.69, 9.17) is 11.6 Å². The first-order chi connectivity index (χ1) is 7.64. The standard InChI is InChI=1S/C11H14ClN3O/c1-11(4-2-3-5-11)15-10-8(6-16)9(12)13-7-14-10/h6-7H,2-5H2,1H3,(H,13,14,15). The molecule has 1 aromatic heterocycles. The van der Waals surface area contributed by atoms with E-state index in [-0.39, 0.29) is 10.7 Å². The van der Waals surface area contributed by atoms with Crippen LogP contribution in [0.2, 0.25) is 5.15 Å². The minimum atomic E-state index is 0.0233. The Bertz CT molecular complexity index is 402. The molecule has 0 spiro atoms. The van der Waals surface area contributed by atoms with E-state index in [1.54, 1.807) is 0 Å². The molecule has 1 aliphatic rings. The lowest BCUT2D eigenvalue weighted by Crippen LogP contribution is -2.31. The summed E-state index contributed by atoms with van der Waals surface area (Å²) >= 11 is 5.84. The Morgan fingerprint density at radius 1 is 1.44 bits per heavy atom. The molecule has 4 nitrogen and oxygen atoms in total. The maximum atomic E-state index is 10.9. The predicted molar refractivity (Wildman–Crippen MR) is 62.9 cm³/mol. The van der Waals surface area contributed by atoms with Crippen LogP contribution in [0.5, 0.6) is 0 Å². The molecule has 0 radical (unpaired) electrons. The number of anilines is 1. The largest absolute Gasteiger partial charge is 0.364 e. The van der Waals surface area contributed by atoms with Crippen molar-refractivity contribution in [2.24, 2.45) is 0 Å². The number of hydrogen-bond donors (Lipinski definition) is 1. The van der Waals surface area contributed by atoms with Gasteiger partial charge in [0, 0.05) is 5.54 Å². The minimum absolute atomic E-state index is 0.0233. The zero-order valence-corrected chi connectivity index (χ0v) is 9.92. The van der Waals surface area contributed by atoms with Crippen LogP contribution in [0.3, 0.4) is 0 Å². The molecule has 1 heterocycles. The number of nitrogens with one attached hydrogen (secondary N) is 1. The molecule has 86 valence electrons. The van der Waals surface area contributed by atoms with Gasteiger partial charge in [0.2, 0.25) is 0 Å². The van der Waals surface area contributed by atoms with E-state index in [9.17, 15) is 4.79 Å². The van der Waals surface area contributed by atoms with Crippen LogP contribution >= 0.6 is 11.6 Å². The van der Waals surface area contributed by atoms with Crippen LogP contribution in [0, 0.1) is 0 Å². The topological polar surface area (TPSA) is 54.9 Å². The molecule has 0 atom stereocenters. The van der Waals surface area contributed by atoms with Gasteiger partial charge in [0.25, 0.3) is 0 Å². The van der Waals surface area contributed by atoms with E-state index < -0.39 is 0 Å². The zero-order valence-electron chi connectivity index (χ0n) is 9.16. The smallest absolute Gasteiger partial charge is 0.156 e. The first-order valence-corrected chi connectivity index (χ1v) is 5.76. The number of carbonyl (C=O) groups is 1. The summed E-state index contributed by atoms with van der Waals surface area (Å²) in [4.78, 5) is 18.8. The van der Waals surface area contributed by atoms with E-state index in [1.165, 1.54) is 19.2 Å². The van der Waals surface area contributed by atoms with Gasteiger partial charge in [-0.15, -0.1) is 0 Å². The average Bonchev–Trinajstić information content (AvgIpc) is 2.65. The number of rotatable bonds is 3. The number of carbonyl (C=O) groups excluding carboxylic acids is 1. The highest BCUT2D eigenvalue weighted by Gasteiger charge is 2.29. The molecule has 1 saturated carbocycles. The third-order valence-corrected chi connectivity index (χ3v) is 3.38. The van der Waals surface area contributed by atoms with E-state index >= 15 is 0 Å². The van der Waals surface area contributed by atoms with Gasteiger partial charge in [0.15, 0.2) is 6.29 Å². The number of aromatic nitrogens is 2. The highest BCUT2D eigenvalue weighted by Crippen LogP contribution is 2.33. The monoisotopic (exact) mass is 239 g/mol. The molecule has 2 rings (SSSR count). The van der Waals surface area contributed by atoms with Gasteiger partial charge >= 0.3 is 0 Å². The molecule has 0 saturated heterocycles. The van der Waals surface area contributed by atoms with Gasteiger partial charge in [-0.3, -0.25) is 4.79 Å². The lowest BCUT2D eigenvalue weighted by Gasteiger charge is -2.26. The summed E-state index contributed by atoms with van der Waals surface area (Å²) in [5.74, 6) is 0.541. The van der Waals surface area contributed by atoms with Gasteiger partial charge in [-0.1, -0.05) is 24.4 Å². The van der Waals surface area contributed by atoms with E-state index in [2.05, 4.69) is 22.2 Å². The van der Waals surface area contributed by atoms with Crippen LogP contribution in [0.1, 0.15) is 43.0 Å². The van der Waals surface area contributed by atoms with Crippen molar-refractivity contribution in [1.29, 1.82) is 0 Å². The molecular formula is C11H14ClN3O. The van der Waals surface area contributed by atoms with Crippen molar-refractivity contribution in [1.82, 2.24) is 9.97 Å². The van der Waals surface area contributed by atoms with Crippen LogP contribution in [0.15, 0.2) is 6.33 Å². The van der Waals surface area contributed by atoms with Gasteiger partial charge in [-0.2, -0.15) is 0 Å². The lowest BCUT2D eigenvalue weighted by atomic mass is 10.0. The first kappa shape index (κ1) is 11.3. The third kappa shape index (κ3) is 2.16. The molecule has 1 fully saturated rings. The predicted octanol–water partition coefficient (Wildman–Crippen LogP) is 2.69. The summed E-state index contributed by atoms with van der Waals surface area (Å²) in [6, 6.07) is 0. The molecule has 16 heavy (non-hydrogen) atoms. The Balaban J connectivity index is 2.27. The Hall–Kier alpha value is -1.16. The normalized spacial score (nSPS) is 18.4. The molecule has 0 unspecified atom stereocenters.